The van der Waals surface area contributed by atoms with E-state index in [1.807, 2.05) is 0 Å². The third-order valence-electron chi connectivity index (χ3n) is 7.58. The molecule has 3 aliphatic rings. The summed E-state index contributed by atoms with van der Waals surface area (Å²) in [6.07, 6.45) is 11.6. The lowest BCUT2D eigenvalue weighted by molar-refractivity contribution is -0.00692. The van der Waals surface area contributed by atoms with Crippen molar-refractivity contribution in [3.8, 4) is 0 Å². The summed E-state index contributed by atoms with van der Waals surface area (Å²) >= 11 is 0. The molecule has 3 fully saturated rings. The fourth-order valence-corrected chi connectivity index (χ4v) is 7.18. The second-order valence-corrected chi connectivity index (χ2v) is 12.3. The molecule has 6 nitrogen and oxygen atoms in total. The Morgan fingerprint density at radius 2 is 1.37 bits per heavy atom. The number of hydrogen-bond donors (Lipinski definition) is 1. The molecule has 3 atom stereocenters. The minimum atomic E-state index is -3.24. The van der Waals surface area contributed by atoms with Crippen LogP contribution in [0.25, 0.3) is 0 Å². The molecule has 3 rings (SSSR count). The largest absolute Gasteiger partial charge is 0.325 e. The van der Waals surface area contributed by atoms with Gasteiger partial charge in [-0.25, -0.2) is 17.1 Å². The third-order valence-corrected chi connectivity index (χ3v) is 9.91. The zero-order chi connectivity index (χ0) is 21.7. The van der Waals surface area contributed by atoms with Crippen molar-refractivity contribution in [2.75, 3.05) is 40.3 Å². The fourth-order valence-electron chi connectivity index (χ4n) is 5.77. The number of nitrogens with two attached hydrogens (primary N) is 1. The van der Waals surface area contributed by atoms with E-state index in [4.69, 9.17) is 5.73 Å². The standard InChI is InChI=1S/C22H43FN4O2S/c1-25(2)30(28,29)19-12-14-26(15-13-19)22-20(23)16-27(17-21(22)24)18-10-8-6-4-3-5-7-9-11-18/h18-22H,3-17,24H2,1-2H3. The van der Waals surface area contributed by atoms with E-state index in [9.17, 15) is 8.42 Å². The highest BCUT2D eigenvalue weighted by molar-refractivity contribution is 7.89. The molecule has 0 aromatic carbocycles. The minimum absolute atomic E-state index is 0.217. The van der Waals surface area contributed by atoms with Gasteiger partial charge in [-0.2, -0.15) is 0 Å². The maximum absolute atomic E-state index is 15.4. The molecule has 3 unspecified atom stereocenters. The van der Waals surface area contributed by atoms with Crippen molar-refractivity contribution >= 4 is 10.0 Å². The number of nitrogens with zero attached hydrogens (tertiary/aromatic N) is 3. The van der Waals surface area contributed by atoms with Crippen LogP contribution < -0.4 is 5.73 Å². The van der Waals surface area contributed by atoms with Crippen molar-refractivity contribution in [2.24, 2.45) is 5.73 Å². The van der Waals surface area contributed by atoms with E-state index in [-0.39, 0.29) is 17.3 Å². The van der Waals surface area contributed by atoms with Crippen molar-refractivity contribution < 1.29 is 12.8 Å². The lowest BCUT2D eigenvalue weighted by Gasteiger charge is -2.48. The second-order valence-electron chi connectivity index (χ2n) is 9.89. The van der Waals surface area contributed by atoms with E-state index in [2.05, 4.69) is 9.80 Å². The molecule has 0 bridgehead atoms. The summed E-state index contributed by atoms with van der Waals surface area (Å²) in [6, 6.07) is -0.0423. The molecule has 30 heavy (non-hydrogen) atoms. The Morgan fingerprint density at radius 1 is 0.833 bits per heavy atom. The van der Waals surface area contributed by atoms with E-state index in [0.29, 0.717) is 38.5 Å². The topological polar surface area (TPSA) is 69.9 Å². The van der Waals surface area contributed by atoms with Gasteiger partial charge in [0.15, 0.2) is 0 Å². The molecular weight excluding hydrogens is 403 g/mol. The molecule has 176 valence electrons. The second kappa shape index (κ2) is 11.0. The van der Waals surface area contributed by atoms with E-state index < -0.39 is 16.2 Å². The van der Waals surface area contributed by atoms with Crippen LogP contribution in [0.4, 0.5) is 4.39 Å². The number of halogens is 1. The molecule has 0 amide bonds. The fraction of sp³-hybridized carbons (Fsp3) is 1.00. The van der Waals surface area contributed by atoms with E-state index in [1.165, 1.54) is 49.3 Å². The number of alkyl halides is 1. The van der Waals surface area contributed by atoms with E-state index in [0.717, 1.165) is 19.4 Å². The zero-order valence-corrected chi connectivity index (χ0v) is 19.8. The van der Waals surface area contributed by atoms with Crippen LogP contribution in [0.3, 0.4) is 0 Å². The van der Waals surface area contributed by atoms with Crippen molar-refractivity contribution in [3.05, 3.63) is 0 Å². The number of sulfonamides is 1. The van der Waals surface area contributed by atoms with Gasteiger partial charge in [-0.15, -0.1) is 0 Å². The van der Waals surface area contributed by atoms with Gasteiger partial charge in [0, 0.05) is 39.3 Å². The van der Waals surface area contributed by atoms with Gasteiger partial charge >= 0.3 is 0 Å². The Bertz CT molecular complexity index is 603. The summed E-state index contributed by atoms with van der Waals surface area (Å²) in [5.74, 6) is 0. The predicted molar refractivity (Wildman–Crippen MR) is 121 cm³/mol. The van der Waals surface area contributed by atoms with Crippen LogP contribution in [-0.2, 0) is 10.0 Å². The lowest BCUT2D eigenvalue weighted by Crippen LogP contribution is -2.66. The van der Waals surface area contributed by atoms with Crippen LogP contribution in [0.15, 0.2) is 0 Å². The van der Waals surface area contributed by atoms with Crippen LogP contribution in [-0.4, -0.2) is 92.3 Å². The molecule has 2 heterocycles. The normalized spacial score (nSPS) is 33.0. The van der Waals surface area contributed by atoms with Crippen molar-refractivity contribution in [3.63, 3.8) is 0 Å². The SMILES string of the molecule is CN(C)S(=O)(=O)C1CCN(C2C(N)CN(C3CCCCCCCCC3)CC2F)CC1. The van der Waals surface area contributed by atoms with Crippen LogP contribution in [0.1, 0.15) is 70.6 Å². The number of likely N-dealkylation sites (tertiary alicyclic amines) is 2. The molecule has 1 aliphatic carbocycles. The Kier molecular flexibility index (Phi) is 8.96. The first-order valence-corrected chi connectivity index (χ1v) is 13.6. The van der Waals surface area contributed by atoms with Gasteiger partial charge in [0.2, 0.25) is 10.0 Å². The van der Waals surface area contributed by atoms with Gasteiger partial charge in [-0.1, -0.05) is 44.9 Å². The smallest absolute Gasteiger partial charge is 0.216 e. The highest BCUT2D eigenvalue weighted by Crippen LogP contribution is 2.29. The molecule has 1 saturated carbocycles. The van der Waals surface area contributed by atoms with Crippen LogP contribution >= 0.6 is 0 Å². The highest BCUT2D eigenvalue weighted by atomic mass is 32.2. The molecule has 2 saturated heterocycles. The Balaban J connectivity index is 1.56. The van der Waals surface area contributed by atoms with Crippen molar-refractivity contribution in [1.29, 1.82) is 0 Å². The monoisotopic (exact) mass is 446 g/mol. The van der Waals surface area contributed by atoms with Gasteiger partial charge in [0.05, 0.1) is 11.3 Å². The number of rotatable bonds is 4. The lowest BCUT2D eigenvalue weighted by atomic mass is 9.90. The Morgan fingerprint density at radius 3 is 1.87 bits per heavy atom. The average molecular weight is 447 g/mol. The average Bonchev–Trinajstić information content (AvgIpc) is 2.71. The maximum Gasteiger partial charge on any atom is 0.216 e. The molecule has 0 radical (unpaired) electrons. The minimum Gasteiger partial charge on any atom is -0.325 e. The molecular formula is C22H43FN4O2S. The van der Waals surface area contributed by atoms with E-state index >= 15 is 4.39 Å². The first-order chi connectivity index (χ1) is 14.3. The molecule has 2 N–H and O–H groups in total. The summed E-state index contributed by atoms with van der Waals surface area (Å²) in [7, 11) is -0.0682. The predicted octanol–water partition coefficient (Wildman–Crippen LogP) is 2.58. The first-order valence-electron chi connectivity index (χ1n) is 12.1. The molecule has 0 aromatic rings. The maximum atomic E-state index is 15.4. The third kappa shape index (κ3) is 5.94. The summed E-state index contributed by atoms with van der Waals surface area (Å²) in [5, 5.41) is -0.360. The van der Waals surface area contributed by atoms with Gasteiger partial charge in [0.1, 0.15) is 6.17 Å². The Hall–Kier alpha value is -0.280. The van der Waals surface area contributed by atoms with Crippen LogP contribution in [0.5, 0.6) is 0 Å². The number of piperidine rings is 2. The summed E-state index contributed by atoms with van der Waals surface area (Å²) in [4.78, 5) is 4.46. The van der Waals surface area contributed by atoms with E-state index in [1.54, 1.807) is 14.1 Å². The highest BCUT2D eigenvalue weighted by Gasteiger charge is 2.43. The van der Waals surface area contributed by atoms with Crippen LogP contribution in [0.2, 0.25) is 0 Å². The van der Waals surface area contributed by atoms with Gasteiger partial charge in [-0.3, -0.25) is 9.80 Å². The molecule has 8 heteroatoms. The molecule has 2 aliphatic heterocycles. The zero-order valence-electron chi connectivity index (χ0n) is 19.0. The summed E-state index contributed by atoms with van der Waals surface area (Å²) in [6.45, 7) is 2.45. The molecule has 0 spiro atoms. The number of hydrogen-bond acceptors (Lipinski definition) is 5. The summed E-state index contributed by atoms with van der Waals surface area (Å²) in [5.41, 5.74) is 6.54. The van der Waals surface area contributed by atoms with Gasteiger partial charge in [0.25, 0.3) is 0 Å². The van der Waals surface area contributed by atoms with Crippen molar-refractivity contribution in [2.45, 2.75) is 100 Å². The van der Waals surface area contributed by atoms with Crippen LogP contribution in [0, 0.1) is 0 Å². The first kappa shape index (κ1) is 24.4. The van der Waals surface area contributed by atoms with Gasteiger partial charge < -0.3 is 5.73 Å². The summed E-state index contributed by atoms with van der Waals surface area (Å²) < 4.78 is 41.5. The molecule has 0 aromatic heterocycles. The van der Waals surface area contributed by atoms with Gasteiger partial charge in [-0.05, 0) is 38.8 Å². The quantitative estimate of drug-likeness (QED) is 0.719. The Labute approximate surface area is 183 Å². The van der Waals surface area contributed by atoms with Crippen molar-refractivity contribution in [1.82, 2.24) is 14.1 Å².